The molecule has 0 aliphatic rings. The van der Waals surface area contributed by atoms with Crippen molar-refractivity contribution in [2.45, 2.75) is 20.8 Å². The molecular formula is C21H23BrN2O2. The molecule has 0 radical (unpaired) electrons. The standard InChI is InChI=1S/C21H23BrN2O2/c1-14-11-15(2)21(16(3)12-14)23-19(25)13-24(4)20(26)10-9-17-7-5-6-8-18(17)22/h5-12H,13H2,1-4H3,(H,23,25)/b10-9+. The summed E-state index contributed by atoms with van der Waals surface area (Å²) in [6, 6.07) is 11.7. The van der Waals surface area contributed by atoms with E-state index in [-0.39, 0.29) is 18.4 Å². The van der Waals surface area contributed by atoms with Gasteiger partial charge in [-0.05, 0) is 49.6 Å². The van der Waals surface area contributed by atoms with E-state index in [1.807, 2.05) is 57.2 Å². The number of hydrogen-bond acceptors (Lipinski definition) is 2. The third-order valence-corrected chi connectivity index (χ3v) is 4.73. The summed E-state index contributed by atoms with van der Waals surface area (Å²) in [5.74, 6) is -0.446. The highest BCUT2D eigenvalue weighted by molar-refractivity contribution is 9.10. The highest BCUT2D eigenvalue weighted by atomic mass is 79.9. The zero-order chi connectivity index (χ0) is 19.3. The first-order valence-corrected chi connectivity index (χ1v) is 9.12. The van der Waals surface area contributed by atoms with Gasteiger partial charge in [-0.3, -0.25) is 9.59 Å². The number of benzene rings is 2. The van der Waals surface area contributed by atoms with Crippen LogP contribution in [-0.2, 0) is 9.59 Å². The van der Waals surface area contributed by atoms with Gasteiger partial charge in [0.05, 0.1) is 6.54 Å². The molecule has 5 heteroatoms. The van der Waals surface area contributed by atoms with Crippen molar-refractivity contribution >= 4 is 39.5 Å². The van der Waals surface area contributed by atoms with E-state index in [2.05, 4.69) is 21.2 Å². The van der Waals surface area contributed by atoms with Crippen molar-refractivity contribution < 1.29 is 9.59 Å². The number of likely N-dealkylation sites (N-methyl/N-ethyl adjacent to an activating group) is 1. The van der Waals surface area contributed by atoms with Gasteiger partial charge in [-0.15, -0.1) is 0 Å². The topological polar surface area (TPSA) is 49.4 Å². The number of nitrogens with one attached hydrogen (secondary N) is 1. The summed E-state index contributed by atoms with van der Waals surface area (Å²) in [6.07, 6.45) is 3.20. The van der Waals surface area contributed by atoms with Crippen LogP contribution in [0.4, 0.5) is 5.69 Å². The lowest BCUT2D eigenvalue weighted by molar-refractivity contribution is -0.129. The van der Waals surface area contributed by atoms with Crippen LogP contribution < -0.4 is 5.32 Å². The van der Waals surface area contributed by atoms with Crippen LogP contribution in [0.25, 0.3) is 6.08 Å². The molecule has 0 saturated carbocycles. The normalized spacial score (nSPS) is 10.8. The van der Waals surface area contributed by atoms with Crippen LogP contribution in [0.15, 0.2) is 46.9 Å². The third kappa shape index (κ3) is 5.30. The van der Waals surface area contributed by atoms with E-state index in [0.29, 0.717) is 0 Å². The molecule has 2 rings (SSSR count). The number of carbonyl (C=O) groups excluding carboxylic acids is 2. The van der Waals surface area contributed by atoms with E-state index >= 15 is 0 Å². The molecule has 0 saturated heterocycles. The summed E-state index contributed by atoms with van der Waals surface area (Å²) in [5, 5.41) is 2.91. The van der Waals surface area contributed by atoms with Gasteiger partial charge in [-0.2, -0.15) is 0 Å². The van der Waals surface area contributed by atoms with E-state index in [9.17, 15) is 9.59 Å². The lowest BCUT2D eigenvalue weighted by Crippen LogP contribution is -2.34. The smallest absolute Gasteiger partial charge is 0.246 e. The fourth-order valence-corrected chi connectivity index (χ4v) is 3.16. The number of aryl methyl sites for hydroxylation is 3. The fourth-order valence-electron chi connectivity index (χ4n) is 2.75. The van der Waals surface area contributed by atoms with Crippen molar-refractivity contribution in [2.75, 3.05) is 18.9 Å². The molecule has 2 aromatic rings. The van der Waals surface area contributed by atoms with E-state index < -0.39 is 0 Å². The number of halogens is 1. The van der Waals surface area contributed by atoms with Crippen molar-refractivity contribution in [1.82, 2.24) is 4.90 Å². The Hall–Kier alpha value is -2.40. The summed E-state index contributed by atoms with van der Waals surface area (Å²) < 4.78 is 0.912. The Bertz CT molecular complexity index is 836. The number of anilines is 1. The molecule has 0 aromatic heterocycles. The predicted octanol–water partition coefficient (Wildman–Crippen LogP) is 4.48. The predicted molar refractivity (Wildman–Crippen MR) is 110 cm³/mol. The number of carbonyl (C=O) groups is 2. The molecule has 2 amide bonds. The maximum Gasteiger partial charge on any atom is 0.246 e. The van der Waals surface area contributed by atoms with Crippen LogP contribution in [0.3, 0.4) is 0 Å². The molecular weight excluding hydrogens is 392 g/mol. The van der Waals surface area contributed by atoms with Crippen LogP contribution in [0.1, 0.15) is 22.3 Å². The van der Waals surface area contributed by atoms with Crippen LogP contribution in [0.2, 0.25) is 0 Å². The minimum Gasteiger partial charge on any atom is -0.333 e. The summed E-state index contributed by atoms with van der Waals surface area (Å²) in [4.78, 5) is 25.9. The molecule has 0 fully saturated rings. The largest absolute Gasteiger partial charge is 0.333 e. The highest BCUT2D eigenvalue weighted by Crippen LogP contribution is 2.22. The molecule has 136 valence electrons. The highest BCUT2D eigenvalue weighted by Gasteiger charge is 2.13. The molecule has 0 aliphatic heterocycles. The van der Waals surface area contributed by atoms with Crippen molar-refractivity contribution in [3.8, 4) is 0 Å². The van der Waals surface area contributed by atoms with Crippen LogP contribution >= 0.6 is 15.9 Å². The molecule has 0 aliphatic carbocycles. The molecule has 26 heavy (non-hydrogen) atoms. The first-order valence-electron chi connectivity index (χ1n) is 8.33. The van der Waals surface area contributed by atoms with E-state index in [4.69, 9.17) is 0 Å². The van der Waals surface area contributed by atoms with Gasteiger partial charge in [0, 0.05) is 23.3 Å². The third-order valence-electron chi connectivity index (χ3n) is 4.01. The Labute approximate surface area is 163 Å². The second-order valence-corrected chi connectivity index (χ2v) is 7.23. The zero-order valence-electron chi connectivity index (χ0n) is 15.5. The average Bonchev–Trinajstić information content (AvgIpc) is 2.57. The molecule has 4 nitrogen and oxygen atoms in total. The monoisotopic (exact) mass is 414 g/mol. The second kappa shape index (κ2) is 8.81. The number of rotatable bonds is 5. The average molecular weight is 415 g/mol. The maximum absolute atomic E-state index is 12.3. The van der Waals surface area contributed by atoms with Crippen molar-refractivity contribution in [2.24, 2.45) is 0 Å². The molecule has 2 aromatic carbocycles. The Morgan fingerprint density at radius 2 is 1.73 bits per heavy atom. The Balaban J connectivity index is 1.98. The van der Waals surface area contributed by atoms with Gasteiger partial charge in [0.1, 0.15) is 0 Å². The van der Waals surface area contributed by atoms with E-state index in [1.54, 1.807) is 13.1 Å². The summed E-state index contributed by atoms with van der Waals surface area (Å²) in [5.41, 5.74) is 4.90. The lowest BCUT2D eigenvalue weighted by Gasteiger charge is -2.17. The Morgan fingerprint density at radius 3 is 2.35 bits per heavy atom. The molecule has 0 unspecified atom stereocenters. The SMILES string of the molecule is Cc1cc(C)c(NC(=O)CN(C)C(=O)/C=C/c2ccccc2Br)c(C)c1. The van der Waals surface area contributed by atoms with Crippen molar-refractivity contribution in [3.05, 3.63) is 69.2 Å². The fraction of sp³-hybridized carbons (Fsp3) is 0.238. The number of amides is 2. The summed E-state index contributed by atoms with van der Waals surface area (Å²) >= 11 is 3.44. The van der Waals surface area contributed by atoms with Gasteiger partial charge in [-0.25, -0.2) is 0 Å². The van der Waals surface area contributed by atoms with Crippen molar-refractivity contribution in [1.29, 1.82) is 0 Å². The summed E-state index contributed by atoms with van der Waals surface area (Å²) in [6.45, 7) is 5.94. The lowest BCUT2D eigenvalue weighted by atomic mass is 10.1. The first-order chi connectivity index (χ1) is 12.3. The number of hydrogen-bond donors (Lipinski definition) is 1. The molecule has 0 atom stereocenters. The zero-order valence-corrected chi connectivity index (χ0v) is 17.1. The van der Waals surface area contributed by atoms with Crippen LogP contribution in [0, 0.1) is 20.8 Å². The molecule has 1 N–H and O–H groups in total. The van der Waals surface area contributed by atoms with Crippen LogP contribution in [0.5, 0.6) is 0 Å². The minimum atomic E-state index is -0.228. The van der Waals surface area contributed by atoms with Gasteiger partial charge in [-0.1, -0.05) is 51.8 Å². The van der Waals surface area contributed by atoms with Gasteiger partial charge in [0.15, 0.2) is 0 Å². The van der Waals surface area contributed by atoms with E-state index in [0.717, 1.165) is 32.4 Å². The molecule has 0 heterocycles. The van der Waals surface area contributed by atoms with E-state index in [1.165, 1.54) is 11.0 Å². The van der Waals surface area contributed by atoms with Crippen molar-refractivity contribution in [3.63, 3.8) is 0 Å². The van der Waals surface area contributed by atoms with Gasteiger partial charge >= 0.3 is 0 Å². The Morgan fingerprint density at radius 1 is 1.12 bits per heavy atom. The summed E-state index contributed by atoms with van der Waals surface area (Å²) in [7, 11) is 1.61. The second-order valence-electron chi connectivity index (χ2n) is 6.37. The molecule has 0 bridgehead atoms. The minimum absolute atomic E-state index is 0.00805. The van der Waals surface area contributed by atoms with Gasteiger partial charge in [0.25, 0.3) is 0 Å². The van der Waals surface area contributed by atoms with Gasteiger partial charge < -0.3 is 10.2 Å². The van der Waals surface area contributed by atoms with Gasteiger partial charge in [0.2, 0.25) is 11.8 Å². The quantitative estimate of drug-likeness (QED) is 0.732. The number of nitrogens with zero attached hydrogens (tertiary/aromatic N) is 1. The Kier molecular flexibility index (Phi) is 6.75. The molecule has 0 spiro atoms. The van der Waals surface area contributed by atoms with Crippen LogP contribution in [-0.4, -0.2) is 30.3 Å². The maximum atomic E-state index is 12.3. The first kappa shape index (κ1) is 19.9.